The fourth-order valence-corrected chi connectivity index (χ4v) is 2.48. The van der Waals surface area contributed by atoms with E-state index in [4.69, 9.17) is 20.8 Å². The number of nitrogens with zero attached hydrogens (tertiary/aromatic N) is 3. The van der Waals surface area contributed by atoms with Crippen LogP contribution in [0.15, 0.2) is 30.5 Å². The van der Waals surface area contributed by atoms with Crippen LogP contribution in [0.25, 0.3) is 5.69 Å². The summed E-state index contributed by atoms with van der Waals surface area (Å²) in [6.45, 7) is 1.29. The number of aliphatic hydroxyl groups is 1. The van der Waals surface area contributed by atoms with Crippen LogP contribution in [0.3, 0.4) is 0 Å². The Hall–Kier alpha value is -2.82. The first-order valence-corrected chi connectivity index (χ1v) is 7.39. The average Bonchev–Trinajstić information content (AvgIpc) is 2.91. The van der Waals surface area contributed by atoms with Gasteiger partial charge in [0.1, 0.15) is 6.07 Å². The Balaban J connectivity index is 2.45. The smallest absolute Gasteiger partial charge is 0.357 e. The third-order valence-corrected chi connectivity index (χ3v) is 3.67. The Kier molecular flexibility index (Phi) is 5.58. The number of carbonyl (C=O) groups excluding carboxylic acids is 1. The van der Waals surface area contributed by atoms with Crippen LogP contribution >= 0.6 is 0 Å². The number of rotatable bonds is 6. The van der Waals surface area contributed by atoms with E-state index in [9.17, 15) is 4.79 Å². The molecule has 1 aromatic heterocycles. The van der Waals surface area contributed by atoms with E-state index in [1.165, 1.54) is 13.3 Å². The molecule has 126 valence electrons. The second-order valence-corrected chi connectivity index (χ2v) is 5.41. The molecule has 0 aliphatic rings. The van der Waals surface area contributed by atoms with Gasteiger partial charge in [0.2, 0.25) is 0 Å². The zero-order chi connectivity index (χ0) is 17.7. The quantitative estimate of drug-likeness (QED) is 0.771. The summed E-state index contributed by atoms with van der Waals surface area (Å²) in [5, 5.41) is 18.2. The maximum Gasteiger partial charge on any atom is 0.357 e. The molecule has 0 bridgehead atoms. The minimum absolute atomic E-state index is 0.0857. The summed E-state index contributed by atoms with van der Waals surface area (Å²) in [5.74, 6) is -0.600. The number of hydrogen-bond donors (Lipinski definition) is 2. The van der Waals surface area contributed by atoms with Crippen molar-refractivity contribution in [2.75, 3.05) is 33.0 Å². The molecule has 24 heavy (non-hydrogen) atoms. The van der Waals surface area contributed by atoms with Gasteiger partial charge in [-0.1, -0.05) is 12.1 Å². The number of benzene rings is 1. The SMILES string of the molecule is COC(=O)c1c(N)c(C#N)cn1-c1cccc(CN(C)CCO)c1. The van der Waals surface area contributed by atoms with Crippen molar-refractivity contribution in [3.63, 3.8) is 0 Å². The first-order valence-electron chi connectivity index (χ1n) is 7.39. The largest absolute Gasteiger partial charge is 0.464 e. The predicted octanol–water partition coefficient (Wildman–Crippen LogP) is 1.14. The van der Waals surface area contributed by atoms with Crippen molar-refractivity contribution in [1.29, 1.82) is 5.26 Å². The summed E-state index contributed by atoms with van der Waals surface area (Å²) in [6.07, 6.45) is 1.53. The van der Waals surface area contributed by atoms with Gasteiger partial charge in [0.25, 0.3) is 0 Å². The maximum atomic E-state index is 12.0. The normalized spacial score (nSPS) is 10.6. The lowest BCUT2D eigenvalue weighted by Crippen LogP contribution is -2.21. The molecule has 1 aromatic carbocycles. The summed E-state index contributed by atoms with van der Waals surface area (Å²) >= 11 is 0. The topological polar surface area (TPSA) is 105 Å². The zero-order valence-electron chi connectivity index (χ0n) is 13.7. The van der Waals surface area contributed by atoms with Gasteiger partial charge in [-0.15, -0.1) is 0 Å². The number of nitriles is 1. The molecule has 0 amide bonds. The fraction of sp³-hybridized carbons (Fsp3) is 0.294. The number of anilines is 1. The molecule has 0 saturated carbocycles. The first-order chi connectivity index (χ1) is 11.5. The van der Waals surface area contributed by atoms with Crippen molar-refractivity contribution in [3.05, 3.63) is 47.3 Å². The van der Waals surface area contributed by atoms with Gasteiger partial charge in [0.15, 0.2) is 5.69 Å². The summed E-state index contributed by atoms with van der Waals surface area (Å²) in [7, 11) is 3.18. The van der Waals surface area contributed by atoms with Crippen LogP contribution in [0.5, 0.6) is 0 Å². The summed E-state index contributed by atoms with van der Waals surface area (Å²) < 4.78 is 6.34. The van der Waals surface area contributed by atoms with E-state index in [1.807, 2.05) is 42.3 Å². The lowest BCUT2D eigenvalue weighted by atomic mass is 10.2. The lowest BCUT2D eigenvalue weighted by Gasteiger charge is -2.16. The van der Waals surface area contributed by atoms with Crippen LogP contribution in [-0.4, -0.2) is 47.9 Å². The number of aliphatic hydroxyl groups excluding tert-OH is 1. The third-order valence-electron chi connectivity index (χ3n) is 3.67. The second kappa shape index (κ2) is 7.64. The molecule has 0 fully saturated rings. The predicted molar refractivity (Wildman–Crippen MR) is 89.7 cm³/mol. The summed E-state index contributed by atoms with van der Waals surface area (Å²) in [6, 6.07) is 9.52. The highest BCUT2D eigenvalue weighted by molar-refractivity contribution is 5.95. The van der Waals surface area contributed by atoms with Gasteiger partial charge in [0.05, 0.1) is 25.0 Å². The monoisotopic (exact) mass is 328 g/mol. The molecule has 0 aliphatic carbocycles. The number of likely N-dealkylation sites (N-methyl/N-ethyl adjacent to an activating group) is 1. The van der Waals surface area contributed by atoms with Crippen LogP contribution in [0, 0.1) is 11.3 Å². The van der Waals surface area contributed by atoms with E-state index in [0.717, 1.165) is 5.56 Å². The maximum absolute atomic E-state index is 12.0. The molecule has 0 radical (unpaired) electrons. The Morgan fingerprint density at radius 3 is 2.88 bits per heavy atom. The van der Waals surface area contributed by atoms with Crippen LogP contribution in [0.1, 0.15) is 21.6 Å². The number of aromatic nitrogens is 1. The Bertz CT molecular complexity index is 777. The molecule has 3 N–H and O–H groups in total. The molecule has 0 atom stereocenters. The van der Waals surface area contributed by atoms with Crippen molar-refractivity contribution in [2.45, 2.75) is 6.54 Å². The van der Waals surface area contributed by atoms with E-state index in [1.54, 1.807) is 4.57 Å². The molecule has 2 aromatic rings. The number of nitrogen functional groups attached to an aromatic ring is 1. The van der Waals surface area contributed by atoms with Gasteiger partial charge < -0.3 is 20.1 Å². The first kappa shape index (κ1) is 17.5. The van der Waals surface area contributed by atoms with Crippen LogP contribution in [0.4, 0.5) is 5.69 Å². The van der Waals surface area contributed by atoms with Gasteiger partial charge >= 0.3 is 5.97 Å². The highest BCUT2D eigenvalue weighted by atomic mass is 16.5. The minimum Gasteiger partial charge on any atom is -0.464 e. The Morgan fingerprint density at radius 2 is 2.25 bits per heavy atom. The van der Waals surface area contributed by atoms with Crippen molar-refractivity contribution in [3.8, 4) is 11.8 Å². The molecule has 2 rings (SSSR count). The van der Waals surface area contributed by atoms with Crippen molar-refractivity contribution >= 4 is 11.7 Å². The van der Waals surface area contributed by atoms with Crippen LogP contribution in [0.2, 0.25) is 0 Å². The second-order valence-electron chi connectivity index (χ2n) is 5.41. The number of esters is 1. The van der Waals surface area contributed by atoms with E-state index in [-0.39, 0.29) is 23.6 Å². The molecule has 7 heteroatoms. The molecule has 0 saturated heterocycles. The fourth-order valence-electron chi connectivity index (χ4n) is 2.48. The molecule has 0 spiro atoms. The van der Waals surface area contributed by atoms with E-state index in [2.05, 4.69) is 0 Å². The lowest BCUT2D eigenvalue weighted by molar-refractivity contribution is 0.0593. The van der Waals surface area contributed by atoms with Crippen molar-refractivity contribution < 1.29 is 14.6 Å². The zero-order valence-corrected chi connectivity index (χ0v) is 13.7. The molecular weight excluding hydrogens is 308 g/mol. The number of ether oxygens (including phenoxy) is 1. The molecule has 7 nitrogen and oxygen atoms in total. The van der Waals surface area contributed by atoms with Gasteiger partial charge in [-0.05, 0) is 24.7 Å². The van der Waals surface area contributed by atoms with E-state index < -0.39 is 5.97 Å². The van der Waals surface area contributed by atoms with Crippen molar-refractivity contribution in [2.24, 2.45) is 0 Å². The van der Waals surface area contributed by atoms with Gasteiger partial charge in [0, 0.05) is 25.0 Å². The van der Waals surface area contributed by atoms with Crippen LogP contribution < -0.4 is 5.73 Å². The van der Waals surface area contributed by atoms with Gasteiger partial charge in [-0.3, -0.25) is 4.90 Å². The molecule has 0 unspecified atom stereocenters. The Morgan fingerprint density at radius 1 is 1.50 bits per heavy atom. The van der Waals surface area contributed by atoms with Crippen LogP contribution in [-0.2, 0) is 11.3 Å². The molecule has 1 heterocycles. The highest BCUT2D eigenvalue weighted by Crippen LogP contribution is 2.25. The van der Waals surface area contributed by atoms with Gasteiger partial charge in [-0.25, -0.2) is 4.79 Å². The number of nitrogens with two attached hydrogens (primary N) is 1. The van der Waals surface area contributed by atoms with Gasteiger partial charge in [-0.2, -0.15) is 5.26 Å². The number of methoxy groups -OCH3 is 1. The summed E-state index contributed by atoms with van der Waals surface area (Å²) in [5.41, 5.74) is 8.08. The molecule has 0 aliphatic heterocycles. The minimum atomic E-state index is -0.600. The molecular formula is C17H20N4O3. The van der Waals surface area contributed by atoms with Crippen molar-refractivity contribution in [1.82, 2.24) is 9.47 Å². The number of hydrogen-bond acceptors (Lipinski definition) is 6. The average molecular weight is 328 g/mol. The van der Waals surface area contributed by atoms with E-state index in [0.29, 0.717) is 18.8 Å². The number of carbonyl (C=O) groups is 1. The van der Waals surface area contributed by atoms with E-state index >= 15 is 0 Å². The standard InChI is InChI=1S/C17H20N4O3/c1-20(6-7-22)10-12-4-3-5-14(8-12)21-11-13(9-18)15(19)16(21)17(23)24-2/h3-5,8,11,22H,6-7,10,19H2,1-2H3. The highest BCUT2D eigenvalue weighted by Gasteiger charge is 2.21. The third kappa shape index (κ3) is 3.56. The summed E-state index contributed by atoms with van der Waals surface area (Å²) in [4.78, 5) is 14.0. The Labute approximate surface area is 140 Å².